The highest BCUT2D eigenvalue weighted by Gasteiger charge is 2.29. The summed E-state index contributed by atoms with van der Waals surface area (Å²) >= 11 is 0. The summed E-state index contributed by atoms with van der Waals surface area (Å²) in [6.07, 6.45) is 2.79. The normalized spacial score (nSPS) is 14.6. The molecule has 19 heavy (non-hydrogen) atoms. The number of aromatic nitrogens is 3. The number of nitrogens with zero attached hydrogens (tertiary/aromatic N) is 3. The van der Waals surface area contributed by atoms with Gasteiger partial charge in [-0.2, -0.15) is 5.10 Å². The Bertz CT molecular complexity index is 456. The van der Waals surface area contributed by atoms with Crippen molar-refractivity contribution >= 4 is 17.8 Å². The van der Waals surface area contributed by atoms with Gasteiger partial charge < -0.3 is 10.6 Å². The number of aromatic amines is 1. The Balaban J connectivity index is 1.64. The molecule has 4 amide bonds. The Morgan fingerprint density at radius 1 is 1.47 bits per heavy atom. The van der Waals surface area contributed by atoms with Crippen molar-refractivity contribution in [2.45, 2.75) is 12.8 Å². The van der Waals surface area contributed by atoms with E-state index in [4.69, 9.17) is 0 Å². The van der Waals surface area contributed by atoms with E-state index in [2.05, 4.69) is 25.8 Å². The third-order valence-electron chi connectivity index (χ3n) is 2.62. The van der Waals surface area contributed by atoms with Crippen molar-refractivity contribution in [1.82, 2.24) is 30.7 Å². The van der Waals surface area contributed by atoms with Crippen LogP contribution in [0.25, 0.3) is 0 Å². The van der Waals surface area contributed by atoms with E-state index in [0.29, 0.717) is 19.4 Å². The molecule has 0 unspecified atom stereocenters. The molecule has 1 aliphatic heterocycles. The maximum Gasteiger partial charge on any atom is 0.325 e. The number of rotatable bonds is 6. The van der Waals surface area contributed by atoms with Gasteiger partial charge in [-0.05, 0) is 6.42 Å². The molecular formula is C10H14N6O3. The lowest BCUT2D eigenvalue weighted by Crippen LogP contribution is -2.41. The average molecular weight is 266 g/mol. The summed E-state index contributed by atoms with van der Waals surface area (Å²) in [5, 5.41) is 11.4. The van der Waals surface area contributed by atoms with Gasteiger partial charge in [0.05, 0.1) is 6.54 Å². The second-order valence-corrected chi connectivity index (χ2v) is 4.02. The molecule has 0 atom stereocenters. The lowest BCUT2D eigenvalue weighted by Gasteiger charge is -2.11. The van der Waals surface area contributed by atoms with Crippen molar-refractivity contribution in [3.8, 4) is 0 Å². The number of urea groups is 1. The first kappa shape index (κ1) is 13.0. The summed E-state index contributed by atoms with van der Waals surface area (Å²) < 4.78 is 0. The van der Waals surface area contributed by atoms with Crippen molar-refractivity contribution < 1.29 is 14.4 Å². The summed E-state index contributed by atoms with van der Waals surface area (Å²) in [5.41, 5.74) is 0. The van der Waals surface area contributed by atoms with Crippen molar-refractivity contribution in [3.05, 3.63) is 12.2 Å². The summed E-state index contributed by atoms with van der Waals surface area (Å²) in [6, 6.07) is -0.526. The van der Waals surface area contributed by atoms with Gasteiger partial charge in [-0.15, -0.1) is 0 Å². The Morgan fingerprint density at radius 3 is 2.95 bits per heavy atom. The van der Waals surface area contributed by atoms with E-state index in [1.807, 2.05) is 0 Å². The molecule has 0 spiro atoms. The van der Waals surface area contributed by atoms with Crippen LogP contribution in [0.3, 0.4) is 0 Å². The fraction of sp³-hybridized carbons (Fsp3) is 0.500. The van der Waals surface area contributed by atoms with Crippen molar-refractivity contribution in [2.24, 2.45) is 0 Å². The third-order valence-corrected chi connectivity index (χ3v) is 2.62. The number of carbonyl (C=O) groups excluding carboxylic acids is 3. The number of H-pyrrole nitrogens is 1. The Labute approximate surface area is 108 Å². The largest absolute Gasteiger partial charge is 0.355 e. The molecule has 1 fully saturated rings. The molecule has 1 aromatic rings. The minimum absolute atomic E-state index is 0.0440. The molecule has 2 rings (SSSR count). The van der Waals surface area contributed by atoms with Gasteiger partial charge in [-0.1, -0.05) is 0 Å². The number of imide groups is 1. The SMILES string of the molecule is O=C(CN1C(=O)CNC1=O)NCCCc1ncn[nH]1. The predicted molar refractivity (Wildman–Crippen MR) is 62.8 cm³/mol. The highest BCUT2D eigenvalue weighted by atomic mass is 16.2. The van der Waals surface area contributed by atoms with Crippen LogP contribution in [-0.4, -0.2) is 57.6 Å². The molecule has 2 heterocycles. The van der Waals surface area contributed by atoms with Crippen LogP contribution in [0.2, 0.25) is 0 Å². The monoisotopic (exact) mass is 266 g/mol. The van der Waals surface area contributed by atoms with Crippen LogP contribution in [-0.2, 0) is 16.0 Å². The van der Waals surface area contributed by atoms with Gasteiger partial charge in [0.25, 0.3) is 5.91 Å². The molecule has 102 valence electrons. The summed E-state index contributed by atoms with van der Waals surface area (Å²) in [6.45, 7) is 0.160. The van der Waals surface area contributed by atoms with Gasteiger partial charge in [0, 0.05) is 13.0 Å². The standard InChI is InChI=1S/C10H14N6O3/c17-8(5-16-9(18)4-12-10(16)19)11-3-1-2-7-13-6-14-15-7/h6H,1-5H2,(H,11,17)(H,12,19)(H,13,14,15). The fourth-order valence-electron chi connectivity index (χ4n) is 1.65. The number of carbonyl (C=O) groups is 3. The van der Waals surface area contributed by atoms with Crippen molar-refractivity contribution in [3.63, 3.8) is 0 Å². The maximum atomic E-state index is 11.5. The lowest BCUT2D eigenvalue weighted by atomic mass is 10.3. The third kappa shape index (κ3) is 3.50. The summed E-state index contributed by atoms with van der Waals surface area (Å²) in [5.74, 6) is 0.00753. The van der Waals surface area contributed by atoms with Crippen LogP contribution in [0, 0.1) is 0 Å². The highest BCUT2D eigenvalue weighted by molar-refractivity contribution is 6.04. The Hall–Kier alpha value is -2.45. The number of aryl methyl sites for hydroxylation is 1. The molecule has 3 N–H and O–H groups in total. The van der Waals surface area contributed by atoms with Gasteiger partial charge in [0.1, 0.15) is 18.7 Å². The second kappa shape index (κ2) is 5.94. The topological polar surface area (TPSA) is 120 Å². The predicted octanol–water partition coefficient (Wildman–Crippen LogP) is -1.59. The van der Waals surface area contributed by atoms with Crippen LogP contribution < -0.4 is 10.6 Å². The molecular weight excluding hydrogens is 252 g/mol. The maximum absolute atomic E-state index is 11.5. The smallest absolute Gasteiger partial charge is 0.325 e. The van der Waals surface area contributed by atoms with Gasteiger partial charge in [-0.3, -0.25) is 19.6 Å². The molecule has 0 bridgehead atoms. The van der Waals surface area contributed by atoms with E-state index in [1.165, 1.54) is 6.33 Å². The fourth-order valence-corrected chi connectivity index (χ4v) is 1.65. The minimum Gasteiger partial charge on any atom is -0.355 e. The van der Waals surface area contributed by atoms with Crippen LogP contribution in [0.4, 0.5) is 4.79 Å². The van der Waals surface area contributed by atoms with Gasteiger partial charge in [-0.25, -0.2) is 9.78 Å². The molecule has 0 aliphatic carbocycles. The minimum atomic E-state index is -0.526. The van der Waals surface area contributed by atoms with Crippen molar-refractivity contribution in [1.29, 1.82) is 0 Å². The quantitative estimate of drug-likeness (QED) is 0.423. The van der Waals surface area contributed by atoms with E-state index in [0.717, 1.165) is 10.7 Å². The van der Waals surface area contributed by atoms with Crippen LogP contribution in [0.15, 0.2) is 6.33 Å². The highest BCUT2D eigenvalue weighted by Crippen LogP contribution is 1.98. The first-order chi connectivity index (χ1) is 9.16. The number of nitrogens with one attached hydrogen (secondary N) is 3. The van der Waals surface area contributed by atoms with E-state index < -0.39 is 6.03 Å². The van der Waals surface area contributed by atoms with E-state index >= 15 is 0 Å². The molecule has 0 saturated carbocycles. The number of amides is 4. The van der Waals surface area contributed by atoms with Gasteiger partial charge in [0.15, 0.2) is 0 Å². The average Bonchev–Trinajstić information content (AvgIpc) is 3.00. The summed E-state index contributed by atoms with van der Waals surface area (Å²) in [7, 11) is 0. The molecule has 9 heteroatoms. The summed E-state index contributed by atoms with van der Waals surface area (Å²) in [4.78, 5) is 38.8. The zero-order valence-electron chi connectivity index (χ0n) is 10.2. The molecule has 0 aromatic carbocycles. The number of hydrogen-bond donors (Lipinski definition) is 3. The van der Waals surface area contributed by atoms with E-state index in [-0.39, 0.29) is 24.9 Å². The van der Waals surface area contributed by atoms with Crippen LogP contribution in [0.5, 0.6) is 0 Å². The van der Waals surface area contributed by atoms with Crippen LogP contribution in [0.1, 0.15) is 12.2 Å². The first-order valence-corrected chi connectivity index (χ1v) is 5.86. The van der Waals surface area contributed by atoms with Gasteiger partial charge in [0.2, 0.25) is 5.91 Å². The Kier molecular flexibility index (Phi) is 4.06. The molecule has 0 radical (unpaired) electrons. The molecule has 9 nitrogen and oxygen atoms in total. The van der Waals surface area contributed by atoms with Crippen LogP contribution >= 0.6 is 0 Å². The molecule has 1 saturated heterocycles. The Morgan fingerprint density at radius 2 is 2.32 bits per heavy atom. The van der Waals surface area contributed by atoms with Crippen molar-refractivity contribution in [2.75, 3.05) is 19.6 Å². The van der Waals surface area contributed by atoms with E-state index in [1.54, 1.807) is 0 Å². The lowest BCUT2D eigenvalue weighted by molar-refractivity contribution is -0.130. The number of hydrogen-bond acceptors (Lipinski definition) is 5. The van der Waals surface area contributed by atoms with Gasteiger partial charge >= 0.3 is 6.03 Å². The second-order valence-electron chi connectivity index (χ2n) is 4.02. The molecule has 1 aromatic heterocycles. The molecule has 1 aliphatic rings. The first-order valence-electron chi connectivity index (χ1n) is 5.86. The zero-order chi connectivity index (χ0) is 13.7. The zero-order valence-corrected chi connectivity index (χ0v) is 10.2. The van der Waals surface area contributed by atoms with E-state index in [9.17, 15) is 14.4 Å².